The summed E-state index contributed by atoms with van der Waals surface area (Å²) >= 11 is 0. The monoisotopic (exact) mass is 330 g/mol. The normalized spacial score (nSPS) is 14.0. The number of aryl methyl sites for hydroxylation is 1. The Hall–Kier alpha value is -2.68. The van der Waals surface area contributed by atoms with Gasteiger partial charge < -0.3 is 0 Å². The van der Waals surface area contributed by atoms with E-state index >= 15 is 0 Å². The number of hydrogen-bond acceptors (Lipinski definition) is 2. The van der Waals surface area contributed by atoms with Crippen LogP contribution in [0, 0.1) is 6.92 Å². The third kappa shape index (κ3) is 3.02. The van der Waals surface area contributed by atoms with Gasteiger partial charge >= 0.3 is 5.69 Å². The van der Waals surface area contributed by atoms with Gasteiger partial charge in [-0.15, -0.1) is 0 Å². The fourth-order valence-corrected chi connectivity index (χ4v) is 3.69. The zero-order chi connectivity index (χ0) is 17.2. The molecule has 3 nitrogen and oxygen atoms in total. The second kappa shape index (κ2) is 6.67. The van der Waals surface area contributed by atoms with Crippen LogP contribution in [0.5, 0.6) is 0 Å². The van der Waals surface area contributed by atoms with Crippen LogP contribution < -0.4 is 5.69 Å². The second-order valence-electron chi connectivity index (χ2n) is 6.77. The van der Waals surface area contributed by atoms with Crippen molar-refractivity contribution < 1.29 is 0 Å². The highest BCUT2D eigenvalue weighted by Crippen LogP contribution is 2.29. The van der Waals surface area contributed by atoms with Gasteiger partial charge in [0.25, 0.3) is 0 Å². The molecule has 2 aromatic carbocycles. The van der Waals surface area contributed by atoms with Crippen molar-refractivity contribution in [3.63, 3.8) is 0 Å². The molecule has 0 fully saturated rings. The SMILES string of the molecule is Cc1ccc(-n2c3c(c(-c4ccccc4)nc2=O)CCCCC3)cc1. The van der Waals surface area contributed by atoms with Gasteiger partial charge in [0.2, 0.25) is 0 Å². The molecule has 0 spiro atoms. The molecule has 0 saturated heterocycles. The summed E-state index contributed by atoms with van der Waals surface area (Å²) in [5.41, 5.74) is 6.21. The molecule has 1 aromatic heterocycles. The van der Waals surface area contributed by atoms with E-state index in [-0.39, 0.29) is 5.69 Å². The summed E-state index contributed by atoms with van der Waals surface area (Å²) in [6.07, 6.45) is 5.39. The van der Waals surface area contributed by atoms with Gasteiger partial charge in [-0.25, -0.2) is 4.79 Å². The summed E-state index contributed by atoms with van der Waals surface area (Å²) in [7, 11) is 0. The lowest BCUT2D eigenvalue weighted by molar-refractivity contribution is 0.701. The lowest BCUT2D eigenvalue weighted by Gasteiger charge is -2.18. The summed E-state index contributed by atoms with van der Waals surface area (Å²) in [5.74, 6) is 0. The van der Waals surface area contributed by atoms with Gasteiger partial charge in [0.1, 0.15) is 0 Å². The standard InChI is InChI=1S/C22H22N2O/c1-16-12-14-18(15-13-16)24-20-11-7-3-6-10-19(20)21(23-22(24)25)17-8-4-2-5-9-17/h2,4-5,8-9,12-15H,3,6-7,10-11H2,1H3. The minimum atomic E-state index is -0.177. The molecule has 0 saturated carbocycles. The molecule has 1 aliphatic carbocycles. The molecule has 0 N–H and O–H groups in total. The zero-order valence-electron chi connectivity index (χ0n) is 14.5. The van der Waals surface area contributed by atoms with Crippen LogP contribution in [0.1, 0.15) is 36.1 Å². The summed E-state index contributed by atoms with van der Waals surface area (Å²) in [6.45, 7) is 2.06. The zero-order valence-corrected chi connectivity index (χ0v) is 14.5. The average molecular weight is 330 g/mol. The van der Waals surface area contributed by atoms with E-state index in [1.807, 2.05) is 47.0 Å². The first kappa shape index (κ1) is 15.8. The van der Waals surface area contributed by atoms with E-state index in [2.05, 4.69) is 24.0 Å². The van der Waals surface area contributed by atoms with E-state index in [0.717, 1.165) is 48.3 Å². The maximum atomic E-state index is 12.9. The van der Waals surface area contributed by atoms with E-state index < -0.39 is 0 Å². The van der Waals surface area contributed by atoms with Crippen LogP contribution in [0.3, 0.4) is 0 Å². The van der Waals surface area contributed by atoms with Crippen LogP contribution >= 0.6 is 0 Å². The van der Waals surface area contributed by atoms with E-state index in [4.69, 9.17) is 0 Å². The molecular formula is C22H22N2O. The molecule has 0 bridgehead atoms. The smallest absolute Gasteiger partial charge is 0.265 e. The van der Waals surface area contributed by atoms with Crippen LogP contribution in [0.15, 0.2) is 59.4 Å². The van der Waals surface area contributed by atoms with E-state index in [9.17, 15) is 4.79 Å². The molecule has 0 unspecified atom stereocenters. The topological polar surface area (TPSA) is 34.9 Å². The largest absolute Gasteiger partial charge is 0.352 e. The Kier molecular flexibility index (Phi) is 4.22. The molecule has 126 valence electrons. The molecule has 4 rings (SSSR count). The first-order valence-corrected chi connectivity index (χ1v) is 9.01. The Morgan fingerprint density at radius 2 is 1.60 bits per heavy atom. The highest BCUT2D eigenvalue weighted by atomic mass is 16.1. The Morgan fingerprint density at radius 3 is 2.36 bits per heavy atom. The first-order chi connectivity index (χ1) is 12.2. The van der Waals surface area contributed by atoms with Gasteiger partial charge in [-0.05, 0) is 50.3 Å². The molecule has 3 heteroatoms. The molecule has 3 aromatic rings. The highest BCUT2D eigenvalue weighted by Gasteiger charge is 2.20. The number of nitrogens with zero attached hydrogens (tertiary/aromatic N) is 2. The van der Waals surface area contributed by atoms with Gasteiger partial charge in [-0.2, -0.15) is 4.98 Å². The minimum absolute atomic E-state index is 0.177. The van der Waals surface area contributed by atoms with E-state index in [1.54, 1.807) is 0 Å². The Labute approximate surface area is 148 Å². The molecule has 1 aliphatic rings. The number of hydrogen-bond donors (Lipinski definition) is 0. The van der Waals surface area contributed by atoms with Crippen LogP contribution in [-0.2, 0) is 12.8 Å². The summed E-state index contributed by atoms with van der Waals surface area (Å²) in [4.78, 5) is 17.4. The Bertz CT molecular complexity index is 940. The highest BCUT2D eigenvalue weighted by molar-refractivity contribution is 5.64. The van der Waals surface area contributed by atoms with Crippen molar-refractivity contribution in [1.29, 1.82) is 0 Å². The van der Waals surface area contributed by atoms with Crippen molar-refractivity contribution in [2.24, 2.45) is 0 Å². The van der Waals surface area contributed by atoms with Crippen LogP contribution in [0.2, 0.25) is 0 Å². The Morgan fingerprint density at radius 1 is 0.880 bits per heavy atom. The molecule has 25 heavy (non-hydrogen) atoms. The van der Waals surface area contributed by atoms with Gasteiger partial charge in [0, 0.05) is 11.3 Å². The maximum Gasteiger partial charge on any atom is 0.352 e. The third-order valence-electron chi connectivity index (χ3n) is 4.98. The van der Waals surface area contributed by atoms with Gasteiger partial charge in [-0.3, -0.25) is 4.57 Å². The van der Waals surface area contributed by atoms with Crippen molar-refractivity contribution in [1.82, 2.24) is 9.55 Å². The number of benzene rings is 2. The predicted molar refractivity (Wildman–Crippen MR) is 101 cm³/mol. The van der Waals surface area contributed by atoms with Crippen LogP contribution in [-0.4, -0.2) is 9.55 Å². The third-order valence-corrected chi connectivity index (χ3v) is 4.98. The van der Waals surface area contributed by atoms with Crippen molar-refractivity contribution in [2.45, 2.75) is 39.0 Å². The Balaban J connectivity index is 1.98. The van der Waals surface area contributed by atoms with Gasteiger partial charge in [-0.1, -0.05) is 54.4 Å². The van der Waals surface area contributed by atoms with Gasteiger partial charge in [0.15, 0.2) is 0 Å². The van der Waals surface area contributed by atoms with Crippen LogP contribution in [0.25, 0.3) is 16.9 Å². The summed E-state index contributed by atoms with van der Waals surface area (Å²) in [6, 6.07) is 18.2. The first-order valence-electron chi connectivity index (χ1n) is 9.01. The molecule has 0 atom stereocenters. The number of rotatable bonds is 2. The minimum Gasteiger partial charge on any atom is -0.265 e. The van der Waals surface area contributed by atoms with Crippen LogP contribution in [0.4, 0.5) is 0 Å². The molecule has 0 aliphatic heterocycles. The molecule has 0 amide bonds. The second-order valence-corrected chi connectivity index (χ2v) is 6.77. The van der Waals surface area contributed by atoms with Crippen molar-refractivity contribution in [2.75, 3.05) is 0 Å². The van der Waals surface area contributed by atoms with Gasteiger partial charge in [0.05, 0.1) is 11.4 Å². The number of aromatic nitrogens is 2. The van der Waals surface area contributed by atoms with Crippen molar-refractivity contribution in [3.8, 4) is 16.9 Å². The lowest BCUT2D eigenvalue weighted by atomic mass is 10.0. The predicted octanol–water partition coefficient (Wildman–Crippen LogP) is 4.48. The molecule has 0 radical (unpaired) electrons. The molecule has 1 heterocycles. The molecular weight excluding hydrogens is 308 g/mol. The fourth-order valence-electron chi connectivity index (χ4n) is 3.69. The van der Waals surface area contributed by atoms with E-state index in [0.29, 0.717) is 0 Å². The number of fused-ring (bicyclic) bond motifs is 1. The quantitative estimate of drug-likeness (QED) is 0.650. The van der Waals surface area contributed by atoms with E-state index in [1.165, 1.54) is 17.5 Å². The maximum absolute atomic E-state index is 12.9. The fraction of sp³-hybridized carbons (Fsp3) is 0.273. The van der Waals surface area contributed by atoms with Crippen molar-refractivity contribution in [3.05, 3.63) is 81.9 Å². The summed E-state index contributed by atoms with van der Waals surface area (Å²) in [5, 5.41) is 0. The average Bonchev–Trinajstić information content (AvgIpc) is 2.89. The lowest BCUT2D eigenvalue weighted by Crippen LogP contribution is -2.27. The van der Waals surface area contributed by atoms with Crippen molar-refractivity contribution >= 4 is 0 Å². The summed E-state index contributed by atoms with van der Waals surface area (Å²) < 4.78 is 1.83.